The highest BCUT2D eigenvalue weighted by molar-refractivity contribution is 6.16. The molecule has 0 saturated carbocycles. The van der Waals surface area contributed by atoms with Gasteiger partial charge in [0.1, 0.15) is 0 Å². The van der Waals surface area contributed by atoms with Gasteiger partial charge in [-0.3, -0.25) is 0 Å². The van der Waals surface area contributed by atoms with Crippen LogP contribution in [0.1, 0.15) is 25.0 Å². The molecule has 3 aromatic heterocycles. The Morgan fingerprint density at radius 1 is 0.282 bits per heavy atom. The number of fused-ring (bicyclic) bond motifs is 14. The van der Waals surface area contributed by atoms with Crippen molar-refractivity contribution >= 4 is 87.2 Å². The summed E-state index contributed by atoms with van der Waals surface area (Å²) < 4.78 is 9.85. The highest BCUT2D eigenvalue weighted by Crippen LogP contribution is 2.49. The predicted octanol–water partition coefficient (Wildman–Crippen LogP) is 17.5. The van der Waals surface area contributed by atoms with E-state index in [-0.39, 0.29) is 5.41 Å². The first-order valence-electron chi connectivity index (χ1n) is 24.7. The van der Waals surface area contributed by atoms with Crippen molar-refractivity contribution in [2.45, 2.75) is 19.3 Å². The van der Waals surface area contributed by atoms with Crippen molar-refractivity contribution in [3.8, 4) is 33.9 Å². The summed E-state index contributed by atoms with van der Waals surface area (Å²) in [5.74, 6) is 0. The van der Waals surface area contributed by atoms with E-state index in [1.807, 2.05) is 0 Å². The third-order valence-corrected chi connectivity index (χ3v) is 15.6. The number of aromatic nitrogens is 4. The molecule has 0 aliphatic heterocycles. The van der Waals surface area contributed by atoms with Crippen LogP contribution in [-0.4, -0.2) is 18.3 Å². The van der Waals surface area contributed by atoms with E-state index < -0.39 is 0 Å². The van der Waals surface area contributed by atoms with Crippen molar-refractivity contribution in [3.63, 3.8) is 0 Å². The highest BCUT2D eigenvalue weighted by Gasteiger charge is 2.35. The van der Waals surface area contributed by atoms with Crippen LogP contribution in [0.4, 0.5) is 0 Å². The Kier molecular flexibility index (Phi) is 8.38. The first-order chi connectivity index (χ1) is 35.0. The summed E-state index contributed by atoms with van der Waals surface area (Å²) in [5, 5.41) is 9.53. The molecule has 3 heterocycles. The predicted molar refractivity (Wildman–Crippen MR) is 299 cm³/mol. The van der Waals surface area contributed by atoms with E-state index in [4.69, 9.17) is 0 Å². The molecular weight excluding hydrogens is 861 g/mol. The van der Waals surface area contributed by atoms with Crippen molar-refractivity contribution in [3.05, 3.63) is 254 Å². The molecule has 4 heteroatoms. The number of para-hydroxylation sites is 2. The summed E-state index contributed by atoms with van der Waals surface area (Å²) in [5.41, 5.74) is 18.8. The van der Waals surface area contributed by atoms with Gasteiger partial charge in [0.25, 0.3) is 0 Å². The SMILES string of the molecule is CC1(C)c2ccccc2-c2ccc(-n3c4cccc(c4)c4cccc(c4)n(-c4cccc5c4c4ccccc4n5-c4cccc5ccccc45)c4ccc5c(c4)c4cc3ccc4n5-c3ccccc3)cc21. The van der Waals surface area contributed by atoms with Crippen molar-refractivity contribution in [2.24, 2.45) is 0 Å². The van der Waals surface area contributed by atoms with E-state index in [1.165, 1.54) is 65.8 Å². The minimum absolute atomic E-state index is 0.141. The minimum Gasteiger partial charge on any atom is -0.310 e. The molecule has 0 fully saturated rings. The summed E-state index contributed by atoms with van der Waals surface area (Å²) in [7, 11) is 0. The number of benzene rings is 11. The molecule has 0 radical (unpaired) electrons. The zero-order valence-corrected chi connectivity index (χ0v) is 39.4. The van der Waals surface area contributed by atoms with E-state index in [0.29, 0.717) is 0 Å². The van der Waals surface area contributed by atoms with Crippen LogP contribution in [0.15, 0.2) is 243 Å². The van der Waals surface area contributed by atoms with Gasteiger partial charge in [-0.15, -0.1) is 0 Å². The third kappa shape index (κ3) is 5.79. The first kappa shape index (κ1) is 39.8. The van der Waals surface area contributed by atoms with Crippen molar-refractivity contribution in [1.82, 2.24) is 18.3 Å². The molecule has 15 rings (SSSR count). The monoisotopic (exact) mass is 906 g/mol. The average Bonchev–Trinajstić information content (AvgIpc) is 4.01. The second-order valence-electron chi connectivity index (χ2n) is 19.8. The van der Waals surface area contributed by atoms with Gasteiger partial charge in [0.15, 0.2) is 0 Å². The number of rotatable bonds is 4. The van der Waals surface area contributed by atoms with Crippen LogP contribution in [0.5, 0.6) is 0 Å². The number of hydrogen-bond donors (Lipinski definition) is 0. The molecule has 8 bridgehead atoms. The lowest BCUT2D eigenvalue weighted by molar-refractivity contribution is 0.660. The van der Waals surface area contributed by atoms with E-state index in [2.05, 4.69) is 275 Å². The Balaban J connectivity index is 1.08. The smallest absolute Gasteiger partial charge is 0.0562 e. The van der Waals surface area contributed by atoms with Crippen LogP contribution in [-0.2, 0) is 5.41 Å². The van der Waals surface area contributed by atoms with Gasteiger partial charge in [-0.05, 0) is 148 Å². The minimum atomic E-state index is -0.141. The molecule has 0 spiro atoms. The maximum atomic E-state index is 2.49. The van der Waals surface area contributed by atoms with E-state index >= 15 is 0 Å². The normalized spacial score (nSPS) is 13.0. The summed E-state index contributed by atoms with van der Waals surface area (Å²) in [6, 6.07) is 90.3. The molecule has 4 nitrogen and oxygen atoms in total. The fourth-order valence-corrected chi connectivity index (χ4v) is 12.3. The number of hydrogen-bond acceptors (Lipinski definition) is 0. The molecule has 14 aromatic rings. The van der Waals surface area contributed by atoms with Gasteiger partial charge in [-0.2, -0.15) is 0 Å². The average molecular weight is 907 g/mol. The molecule has 11 aromatic carbocycles. The lowest BCUT2D eigenvalue weighted by Gasteiger charge is -2.22. The Morgan fingerprint density at radius 2 is 0.831 bits per heavy atom. The van der Waals surface area contributed by atoms with Crippen molar-refractivity contribution < 1.29 is 0 Å². The lowest BCUT2D eigenvalue weighted by atomic mass is 9.82. The van der Waals surface area contributed by atoms with Gasteiger partial charge in [0.2, 0.25) is 0 Å². The molecule has 0 unspecified atom stereocenters. The molecule has 0 amide bonds. The molecule has 0 atom stereocenters. The second kappa shape index (κ2) is 14.9. The van der Waals surface area contributed by atoms with Crippen LogP contribution in [0.2, 0.25) is 0 Å². The van der Waals surface area contributed by atoms with Crippen LogP contribution in [0.3, 0.4) is 0 Å². The van der Waals surface area contributed by atoms with Crippen LogP contribution >= 0.6 is 0 Å². The zero-order valence-electron chi connectivity index (χ0n) is 39.4. The van der Waals surface area contributed by atoms with E-state index in [9.17, 15) is 0 Å². The number of nitrogens with zero attached hydrogens (tertiary/aromatic N) is 4. The van der Waals surface area contributed by atoms with Gasteiger partial charge >= 0.3 is 0 Å². The molecule has 0 N–H and O–H groups in total. The Morgan fingerprint density at radius 3 is 1.62 bits per heavy atom. The third-order valence-electron chi connectivity index (χ3n) is 15.6. The van der Waals surface area contributed by atoms with Crippen LogP contribution in [0, 0.1) is 0 Å². The van der Waals surface area contributed by atoms with Gasteiger partial charge < -0.3 is 18.3 Å². The Hall–Kier alpha value is -9.12. The van der Waals surface area contributed by atoms with Gasteiger partial charge in [0, 0.05) is 65.8 Å². The molecule has 71 heavy (non-hydrogen) atoms. The van der Waals surface area contributed by atoms with Crippen molar-refractivity contribution in [2.75, 3.05) is 0 Å². The largest absolute Gasteiger partial charge is 0.310 e. The quantitative estimate of drug-likeness (QED) is 0.168. The van der Waals surface area contributed by atoms with Crippen LogP contribution in [0.25, 0.3) is 121 Å². The Labute approximate surface area is 410 Å². The van der Waals surface area contributed by atoms with Gasteiger partial charge in [-0.25, -0.2) is 0 Å². The van der Waals surface area contributed by atoms with Crippen LogP contribution < -0.4 is 0 Å². The van der Waals surface area contributed by atoms with E-state index in [1.54, 1.807) is 0 Å². The topological polar surface area (TPSA) is 19.7 Å². The van der Waals surface area contributed by atoms with E-state index in [0.717, 1.165) is 66.5 Å². The fraction of sp³-hybridized carbons (Fsp3) is 0.0448. The maximum Gasteiger partial charge on any atom is 0.0562 e. The maximum absolute atomic E-state index is 2.49. The fourth-order valence-electron chi connectivity index (χ4n) is 12.3. The Bertz CT molecular complexity index is 4610. The van der Waals surface area contributed by atoms with Gasteiger partial charge in [0.05, 0.1) is 33.4 Å². The van der Waals surface area contributed by atoms with Gasteiger partial charge in [-0.1, -0.05) is 147 Å². The second-order valence-corrected chi connectivity index (χ2v) is 19.8. The summed E-state index contributed by atoms with van der Waals surface area (Å²) in [4.78, 5) is 0. The first-order valence-corrected chi connectivity index (χ1v) is 24.7. The standard InChI is InChI=1S/C67H46N4/c1-67(2)58-27-10-8-25-53(58)54-35-32-51(42-59(54)67)68-47-22-12-18-44(38-47)45-19-13-23-48(39-45)69(50-34-37-63-57(41-50)56-40-49(68)33-36-62(56)70(63)46-20-4-3-5-21-46)64-30-15-31-65-66(64)55-26-9-11-28-61(55)71(65)60-29-14-17-43-16-6-7-24-52(43)60/h3-42H,1-2H3. The highest BCUT2D eigenvalue weighted by atomic mass is 15.0. The van der Waals surface area contributed by atoms with Crippen molar-refractivity contribution in [1.29, 1.82) is 0 Å². The summed E-state index contributed by atoms with van der Waals surface area (Å²) in [6.45, 7) is 4.74. The molecule has 334 valence electrons. The molecule has 1 aliphatic carbocycles. The zero-order chi connectivity index (χ0) is 47.0. The molecular formula is C67H46N4. The summed E-state index contributed by atoms with van der Waals surface area (Å²) >= 11 is 0. The summed E-state index contributed by atoms with van der Waals surface area (Å²) in [6.07, 6.45) is 0. The lowest BCUT2D eigenvalue weighted by Crippen LogP contribution is -2.15. The molecule has 1 aliphatic rings. The molecule has 0 saturated heterocycles.